The zero-order chi connectivity index (χ0) is 12.3. The summed E-state index contributed by atoms with van der Waals surface area (Å²) in [5.74, 6) is -1.13. The van der Waals surface area contributed by atoms with Crippen LogP contribution in [-0.2, 0) is 16.5 Å². The zero-order valence-corrected chi connectivity index (χ0v) is 10.2. The summed E-state index contributed by atoms with van der Waals surface area (Å²) in [5, 5.41) is 8.54. The molecule has 0 aliphatic rings. The minimum absolute atomic E-state index is 0.0862. The van der Waals surface area contributed by atoms with Gasteiger partial charge in [0.05, 0.1) is 17.1 Å². The van der Waals surface area contributed by atoms with E-state index in [0.717, 1.165) is 6.20 Å². The molecule has 3 nitrogen and oxygen atoms in total. The van der Waals surface area contributed by atoms with Crippen LogP contribution in [-0.4, -0.2) is 16.1 Å². The van der Waals surface area contributed by atoms with Crippen molar-refractivity contribution in [2.45, 2.75) is 18.2 Å². The van der Waals surface area contributed by atoms with E-state index in [-0.39, 0.29) is 27.2 Å². The Morgan fingerprint density at radius 1 is 1.62 bits per heavy atom. The Labute approximate surface area is 104 Å². The molecule has 1 rings (SSSR count). The van der Waals surface area contributed by atoms with E-state index in [1.807, 2.05) is 0 Å². The molecule has 0 saturated heterocycles. The third-order valence-corrected chi connectivity index (χ3v) is 2.80. The van der Waals surface area contributed by atoms with Gasteiger partial charge in [-0.15, -0.1) is 0 Å². The number of rotatable bonds is 4. The fraction of sp³-hybridized carbons (Fsp3) is 0.333. The SMILES string of the molecule is O=C(O)Cc1ncc(Cl)c(C(F)F)c1CBr. The Bertz CT molecular complexity index is 415. The summed E-state index contributed by atoms with van der Waals surface area (Å²) in [6.07, 6.45) is -2.11. The number of pyridine rings is 1. The van der Waals surface area contributed by atoms with Crippen LogP contribution < -0.4 is 0 Å². The van der Waals surface area contributed by atoms with Crippen molar-refractivity contribution in [3.8, 4) is 0 Å². The van der Waals surface area contributed by atoms with Crippen LogP contribution in [0, 0.1) is 0 Å². The first kappa shape index (κ1) is 13.3. The summed E-state index contributed by atoms with van der Waals surface area (Å²) in [4.78, 5) is 14.3. The van der Waals surface area contributed by atoms with E-state index in [2.05, 4.69) is 20.9 Å². The van der Waals surface area contributed by atoms with Crippen LogP contribution in [0.25, 0.3) is 0 Å². The molecule has 0 fully saturated rings. The normalized spacial score (nSPS) is 10.8. The molecule has 1 heterocycles. The Morgan fingerprint density at radius 3 is 2.69 bits per heavy atom. The smallest absolute Gasteiger partial charge is 0.309 e. The van der Waals surface area contributed by atoms with Gasteiger partial charge in [-0.25, -0.2) is 8.78 Å². The maximum absolute atomic E-state index is 12.7. The van der Waals surface area contributed by atoms with Crippen LogP contribution in [0.4, 0.5) is 8.78 Å². The van der Waals surface area contributed by atoms with E-state index in [9.17, 15) is 13.6 Å². The quantitative estimate of drug-likeness (QED) is 0.868. The van der Waals surface area contributed by atoms with Crippen molar-refractivity contribution in [3.05, 3.63) is 28.0 Å². The average Bonchev–Trinajstić information content (AvgIpc) is 2.18. The molecule has 0 radical (unpaired) electrons. The summed E-state index contributed by atoms with van der Waals surface area (Å²) in [5.41, 5.74) is -0.112. The Morgan fingerprint density at radius 2 is 2.25 bits per heavy atom. The fourth-order valence-electron chi connectivity index (χ4n) is 1.26. The number of alkyl halides is 3. The number of carboxylic acids is 1. The molecule has 0 amide bonds. The second kappa shape index (κ2) is 5.54. The zero-order valence-electron chi connectivity index (χ0n) is 7.88. The lowest BCUT2D eigenvalue weighted by atomic mass is 10.1. The van der Waals surface area contributed by atoms with Gasteiger partial charge in [-0.2, -0.15) is 0 Å². The molecule has 7 heteroatoms. The van der Waals surface area contributed by atoms with Gasteiger partial charge in [-0.05, 0) is 5.56 Å². The van der Waals surface area contributed by atoms with Crippen LogP contribution in [0.2, 0.25) is 5.02 Å². The average molecular weight is 315 g/mol. The fourth-order valence-corrected chi connectivity index (χ4v) is 2.13. The van der Waals surface area contributed by atoms with Gasteiger partial charge in [0.25, 0.3) is 6.43 Å². The molecule has 0 atom stereocenters. The third kappa shape index (κ3) is 2.89. The number of carboxylic acid groups (broad SMARTS) is 1. The van der Waals surface area contributed by atoms with Gasteiger partial charge < -0.3 is 5.11 Å². The molecule has 1 aromatic rings. The van der Waals surface area contributed by atoms with Crippen molar-refractivity contribution in [1.82, 2.24) is 4.98 Å². The summed E-state index contributed by atoms with van der Waals surface area (Å²) in [6, 6.07) is 0. The Balaban J connectivity index is 3.30. The molecular weight excluding hydrogens is 307 g/mol. The van der Waals surface area contributed by atoms with Crippen molar-refractivity contribution in [2.24, 2.45) is 0 Å². The number of halogens is 4. The molecule has 1 aromatic heterocycles. The Kier molecular flexibility index (Phi) is 4.61. The predicted molar refractivity (Wildman–Crippen MR) is 58.2 cm³/mol. The monoisotopic (exact) mass is 313 g/mol. The number of hydrogen-bond acceptors (Lipinski definition) is 2. The van der Waals surface area contributed by atoms with Crippen LogP contribution in [0.3, 0.4) is 0 Å². The first-order valence-electron chi connectivity index (χ1n) is 4.19. The third-order valence-electron chi connectivity index (χ3n) is 1.94. The summed E-state index contributed by atoms with van der Waals surface area (Å²) >= 11 is 8.63. The van der Waals surface area contributed by atoms with E-state index in [4.69, 9.17) is 16.7 Å². The summed E-state index contributed by atoms with van der Waals surface area (Å²) in [7, 11) is 0. The minimum atomic E-state index is -2.75. The molecule has 16 heavy (non-hydrogen) atoms. The van der Waals surface area contributed by atoms with Gasteiger partial charge in [0.1, 0.15) is 0 Å². The predicted octanol–water partition coefficient (Wildman–Crippen LogP) is 3.19. The molecule has 0 unspecified atom stereocenters. The molecule has 0 aromatic carbocycles. The standard InChI is InChI=1S/C9H7BrClF2NO2/c10-2-4-6(1-7(15)16)14-3-5(11)8(4)9(12)13/h3,9H,1-2H2,(H,15,16). The molecule has 0 aliphatic carbocycles. The van der Waals surface area contributed by atoms with Gasteiger partial charge >= 0.3 is 5.97 Å². The van der Waals surface area contributed by atoms with Crippen molar-refractivity contribution < 1.29 is 18.7 Å². The lowest BCUT2D eigenvalue weighted by Crippen LogP contribution is -2.08. The van der Waals surface area contributed by atoms with Gasteiger partial charge in [0.15, 0.2) is 0 Å². The highest BCUT2D eigenvalue weighted by atomic mass is 79.9. The summed E-state index contributed by atoms with van der Waals surface area (Å²) in [6.45, 7) is 0. The largest absolute Gasteiger partial charge is 0.481 e. The highest BCUT2D eigenvalue weighted by Crippen LogP contribution is 2.32. The highest BCUT2D eigenvalue weighted by molar-refractivity contribution is 9.08. The summed E-state index contributed by atoms with van der Waals surface area (Å²) < 4.78 is 25.4. The molecular formula is C9H7BrClF2NO2. The molecule has 0 spiro atoms. The van der Waals surface area contributed by atoms with Gasteiger partial charge in [0, 0.05) is 17.1 Å². The minimum Gasteiger partial charge on any atom is -0.481 e. The van der Waals surface area contributed by atoms with E-state index < -0.39 is 18.8 Å². The molecule has 0 bridgehead atoms. The van der Waals surface area contributed by atoms with Crippen molar-refractivity contribution in [3.63, 3.8) is 0 Å². The van der Waals surface area contributed by atoms with Gasteiger partial charge in [0.2, 0.25) is 0 Å². The molecule has 0 saturated carbocycles. The van der Waals surface area contributed by atoms with Gasteiger partial charge in [-0.3, -0.25) is 9.78 Å². The highest BCUT2D eigenvalue weighted by Gasteiger charge is 2.21. The second-order valence-electron chi connectivity index (χ2n) is 2.95. The number of aromatic nitrogens is 1. The molecule has 1 N–H and O–H groups in total. The van der Waals surface area contributed by atoms with E-state index in [1.54, 1.807) is 0 Å². The molecule has 0 aliphatic heterocycles. The topological polar surface area (TPSA) is 50.2 Å². The van der Waals surface area contributed by atoms with Crippen LogP contribution in [0.5, 0.6) is 0 Å². The first-order valence-corrected chi connectivity index (χ1v) is 5.69. The van der Waals surface area contributed by atoms with E-state index >= 15 is 0 Å². The van der Waals surface area contributed by atoms with Gasteiger partial charge in [-0.1, -0.05) is 27.5 Å². The maximum Gasteiger partial charge on any atom is 0.309 e. The number of carbonyl (C=O) groups is 1. The lowest BCUT2D eigenvalue weighted by Gasteiger charge is -2.11. The Hall–Kier alpha value is -0.750. The van der Waals surface area contributed by atoms with Crippen molar-refractivity contribution in [1.29, 1.82) is 0 Å². The van der Waals surface area contributed by atoms with Crippen molar-refractivity contribution in [2.75, 3.05) is 0 Å². The van der Waals surface area contributed by atoms with Crippen molar-refractivity contribution >= 4 is 33.5 Å². The number of nitrogens with zero attached hydrogens (tertiary/aromatic N) is 1. The van der Waals surface area contributed by atoms with E-state index in [1.165, 1.54) is 0 Å². The van der Waals surface area contributed by atoms with Crippen LogP contribution in [0.15, 0.2) is 6.20 Å². The number of hydrogen-bond donors (Lipinski definition) is 1. The molecule has 88 valence electrons. The van der Waals surface area contributed by atoms with E-state index in [0.29, 0.717) is 0 Å². The van der Waals surface area contributed by atoms with Crippen LogP contribution >= 0.6 is 27.5 Å². The second-order valence-corrected chi connectivity index (χ2v) is 3.92. The lowest BCUT2D eigenvalue weighted by molar-refractivity contribution is -0.136. The maximum atomic E-state index is 12.7. The first-order chi connectivity index (χ1) is 7.47. The number of aliphatic carboxylic acids is 1. The van der Waals surface area contributed by atoms with Crippen LogP contribution in [0.1, 0.15) is 23.2 Å².